The molecule has 204 valence electrons. The Bertz CT molecular complexity index is 1320. The van der Waals surface area contributed by atoms with E-state index >= 15 is 0 Å². The number of rotatable bonds is 8. The number of halogens is 1. The van der Waals surface area contributed by atoms with Crippen molar-refractivity contribution < 1.29 is 14.4 Å². The van der Waals surface area contributed by atoms with Gasteiger partial charge in [0.2, 0.25) is 5.95 Å². The summed E-state index contributed by atoms with van der Waals surface area (Å²) in [4.78, 5) is 33.3. The number of pyridine rings is 2. The molecule has 1 aliphatic carbocycles. The van der Waals surface area contributed by atoms with Crippen LogP contribution in [0.3, 0.4) is 0 Å². The molecule has 10 nitrogen and oxygen atoms in total. The van der Waals surface area contributed by atoms with Crippen molar-refractivity contribution in [2.75, 3.05) is 25.6 Å². The normalized spacial score (nSPS) is 21.9. The van der Waals surface area contributed by atoms with E-state index in [9.17, 15) is 4.79 Å². The van der Waals surface area contributed by atoms with Crippen LogP contribution in [0.1, 0.15) is 58.3 Å². The monoisotopic (exact) mass is 541 g/mol. The number of hydrogen-bond acceptors (Lipinski definition) is 8. The van der Waals surface area contributed by atoms with Crippen molar-refractivity contribution in [2.24, 2.45) is 11.8 Å². The van der Waals surface area contributed by atoms with Crippen LogP contribution in [0.15, 0.2) is 24.5 Å². The van der Waals surface area contributed by atoms with Crippen molar-refractivity contribution >= 4 is 34.7 Å². The molecule has 3 aromatic heterocycles. The number of hydroxylamine groups is 1. The number of ether oxygens (including phenoxy) is 1. The van der Waals surface area contributed by atoms with Crippen molar-refractivity contribution in [1.82, 2.24) is 30.3 Å². The minimum Gasteiger partial charge on any atom is -0.377 e. The molecule has 11 heteroatoms. The van der Waals surface area contributed by atoms with Crippen molar-refractivity contribution in [3.05, 3.63) is 35.2 Å². The predicted molar refractivity (Wildman–Crippen MR) is 147 cm³/mol. The highest BCUT2D eigenvalue weighted by Gasteiger charge is 2.30. The third-order valence-electron chi connectivity index (χ3n) is 7.62. The summed E-state index contributed by atoms with van der Waals surface area (Å²) in [5.74, 6) is 2.16. The minimum atomic E-state index is -0.601. The van der Waals surface area contributed by atoms with Gasteiger partial charge in [0.1, 0.15) is 0 Å². The Balaban J connectivity index is 1.68. The van der Waals surface area contributed by atoms with Crippen LogP contribution in [0, 0.1) is 11.8 Å². The zero-order valence-electron chi connectivity index (χ0n) is 22.6. The average Bonchev–Trinajstić information content (AvgIpc) is 3.48. The van der Waals surface area contributed by atoms with Gasteiger partial charge in [-0.2, -0.15) is 0 Å². The van der Waals surface area contributed by atoms with Gasteiger partial charge in [-0.05, 0) is 50.7 Å². The third kappa shape index (κ3) is 5.57. The summed E-state index contributed by atoms with van der Waals surface area (Å²) in [7, 11) is 3.77. The number of imidazole rings is 1. The van der Waals surface area contributed by atoms with Crippen molar-refractivity contribution in [3.63, 3.8) is 0 Å². The average molecular weight is 542 g/mol. The number of hydrogen-bond donors (Lipinski definition) is 2. The summed E-state index contributed by atoms with van der Waals surface area (Å²) in [6.45, 7) is 7.95. The molecular formula is C27H36ClN7O3. The van der Waals surface area contributed by atoms with Gasteiger partial charge in [0.15, 0.2) is 6.17 Å². The fourth-order valence-electron chi connectivity index (χ4n) is 5.42. The number of nitrogens with one attached hydrogen (secondary N) is 2. The lowest BCUT2D eigenvalue weighted by Crippen LogP contribution is -2.39. The molecule has 2 aliphatic rings. The first-order chi connectivity index (χ1) is 18.1. The summed E-state index contributed by atoms with van der Waals surface area (Å²) in [5, 5.41) is 3.26. The molecule has 38 heavy (non-hydrogen) atoms. The standard InChI is InChI=1S/C27H36ClN7O3/c1-16-6-8-17(9-7-16)14-35-23-20(31-25(35)34(4)15-27(2,3)37-5)11-21(24-32-26(36)38-33-24)30-22(23)18-10-19(28)13-29-12-18/h10-13,16-17,24,33H,6-9,14-15H2,1-5H3,(H,32,36). The maximum Gasteiger partial charge on any atom is 0.427 e. The van der Waals surface area contributed by atoms with E-state index in [2.05, 4.69) is 46.0 Å². The molecule has 0 bridgehead atoms. The highest BCUT2D eigenvalue weighted by atomic mass is 35.5. The van der Waals surface area contributed by atoms with Crippen molar-refractivity contribution in [2.45, 2.75) is 64.8 Å². The second-order valence-electron chi connectivity index (χ2n) is 11.2. The van der Waals surface area contributed by atoms with E-state index in [-0.39, 0.29) is 5.60 Å². The lowest BCUT2D eigenvalue weighted by atomic mass is 9.83. The summed E-state index contributed by atoms with van der Waals surface area (Å²) in [6, 6.07) is 3.76. The second kappa shape index (κ2) is 10.7. The molecule has 1 saturated carbocycles. The highest BCUT2D eigenvalue weighted by molar-refractivity contribution is 6.30. The lowest BCUT2D eigenvalue weighted by Gasteiger charge is -2.31. The van der Waals surface area contributed by atoms with Crippen LogP contribution >= 0.6 is 11.6 Å². The van der Waals surface area contributed by atoms with Crippen LogP contribution in [0.25, 0.3) is 22.3 Å². The molecule has 5 rings (SSSR count). The number of nitrogens with zero attached hydrogens (tertiary/aromatic N) is 5. The van der Waals surface area contributed by atoms with Gasteiger partial charge < -0.3 is 19.0 Å². The predicted octanol–water partition coefficient (Wildman–Crippen LogP) is 5.08. The number of carbonyl (C=O) groups is 1. The molecule has 1 amide bonds. The topological polar surface area (TPSA) is 106 Å². The largest absolute Gasteiger partial charge is 0.427 e. The van der Waals surface area contributed by atoms with E-state index in [0.29, 0.717) is 28.9 Å². The summed E-state index contributed by atoms with van der Waals surface area (Å²) in [5.41, 5.74) is 6.09. The van der Waals surface area contributed by atoms with Gasteiger partial charge in [-0.15, -0.1) is 5.48 Å². The van der Waals surface area contributed by atoms with Crippen LogP contribution < -0.4 is 15.7 Å². The Labute approximate surface area is 228 Å². The van der Waals surface area contributed by atoms with Crippen LogP contribution in [0.5, 0.6) is 0 Å². The molecule has 0 spiro atoms. The smallest absolute Gasteiger partial charge is 0.377 e. The molecule has 0 radical (unpaired) electrons. The first-order valence-corrected chi connectivity index (χ1v) is 13.5. The van der Waals surface area contributed by atoms with Crippen LogP contribution in [0.4, 0.5) is 10.7 Å². The minimum absolute atomic E-state index is 0.365. The maximum absolute atomic E-state index is 11.8. The summed E-state index contributed by atoms with van der Waals surface area (Å²) < 4.78 is 8.03. The zero-order valence-corrected chi connectivity index (χ0v) is 23.4. The molecule has 3 aromatic rings. The van der Waals surface area contributed by atoms with E-state index in [1.54, 1.807) is 19.5 Å². The molecule has 2 N–H and O–H groups in total. The molecule has 4 heterocycles. The van der Waals surface area contributed by atoms with Gasteiger partial charge in [-0.3, -0.25) is 10.3 Å². The third-order valence-corrected chi connectivity index (χ3v) is 7.82. The molecule has 1 unspecified atom stereocenters. The Morgan fingerprint density at radius 2 is 1.97 bits per heavy atom. The molecule has 1 saturated heterocycles. The number of methoxy groups -OCH3 is 1. The fourth-order valence-corrected chi connectivity index (χ4v) is 5.59. The summed E-state index contributed by atoms with van der Waals surface area (Å²) in [6.07, 6.45) is 7.04. The Morgan fingerprint density at radius 3 is 2.63 bits per heavy atom. The van der Waals surface area contributed by atoms with Gasteiger partial charge in [0, 0.05) is 45.2 Å². The molecular weight excluding hydrogens is 506 g/mol. The fraction of sp³-hybridized carbons (Fsp3) is 0.556. The Kier molecular flexibility index (Phi) is 7.48. The Hall–Kier alpha value is -2.95. The number of fused-ring (bicyclic) bond motifs is 1. The van der Waals surface area contributed by atoms with Crippen LogP contribution in [-0.2, 0) is 16.1 Å². The van der Waals surface area contributed by atoms with E-state index < -0.39 is 12.3 Å². The van der Waals surface area contributed by atoms with Crippen molar-refractivity contribution in [3.8, 4) is 11.3 Å². The molecule has 1 atom stereocenters. The molecule has 0 aromatic carbocycles. The highest BCUT2D eigenvalue weighted by Crippen LogP contribution is 2.37. The Morgan fingerprint density at radius 1 is 1.21 bits per heavy atom. The first-order valence-electron chi connectivity index (χ1n) is 13.1. The SMILES string of the molecule is COC(C)(C)CN(C)c1nc2cc(C3NOC(=O)N3)nc(-c3cncc(Cl)c3)c2n1CC1CCC(C)CC1. The number of carbonyl (C=O) groups excluding carboxylic acids is 1. The summed E-state index contributed by atoms with van der Waals surface area (Å²) >= 11 is 6.36. The van der Waals surface area contributed by atoms with Gasteiger partial charge >= 0.3 is 6.09 Å². The lowest BCUT2D eigenvalue weighted by molar-refractivity contribution is 0.0295. The van der Waals surface area contributed by atoms with E-state index in [0.717, 1.165) is 35.0 Å². The van der Waals surface area contributed by atoms with E-state index in [1.807, 2.05) is 19.2 Å². The zero-order chi connectivity index (χ0) is 27.0. The maximum atomic E-state index is 11.8. The number of aromatic nitrogens is 4. The van der Waals surface area contributed by atoms with E-state index in [4.69, 9.17) is 31.1 Å². The number of likely N-dealkylation sites (N-methyl/N-ethyl adjacent to an activating group) is 1. The quantitative estimate of drug-likeness (QED) is 0.407. The first kappa shape index (κ1) is 26.6. The molecule has 1 aliphatic heterocycles. The van der Waals surface area contributed by atoms with Crippen LogP contribution in [-0.4, -0.2) is 51.9 Å². The number of amides is 1. The van der Waals surface area contributed by atoms with Crippen LogP contribution in [0.2, 0.25) is 5.02 Å². The number of anilines is 1. The second-order valence-corrected chi connectivity index (χ2v) is 11.6. The van der Waals surface area contributed by atoms with Gasteiger partial charge in [0.05, 0.1) is 33.0 Å². The van der Waals surface area contributed by atoms with Gasteiger partial charge in [0.25, 0.3) is 0 Å². The van der Waals surface area contributed by atoms with E-state index in [1.165, 1.54) is 25.7 Å². The molecule has 2 fully saturated rings. The van der Waals surface area contributed by atoms with Crippen molar-refractivity contribution in [1.29, 1.82) is 0 Å². The van der Waals surface area contributed by atoms with Gasteiger partial charge in [-0.1, -0.05) is 31.4 Å². The van der Waals surface area contributed by atoms with Gasteiger partial charge in [-0.25, -0.2) is 14.8 Å².